The smallest absolute Gasteiger partial charge is 0.0728 e. The van der Waals surface area contributed by atoms with Crippen LogP contribution >= 0.6 is 11.3 Å². The molecule has 2 rings (SSSR count). The lowest BCUT2D eigenvalue weighted by atomic mass is 10.0. The molecule has 3 heteroatoms. The molecule has 0 aliphatic carbocycles. The third-order valence-corrected chi connectivity index (χ3v) is 4.34. The third kappa shape index (κ3) is 2.84. The van der Waals surface area contributed by atoms with Crippen LogP contribution in [0, 0.1) is 0 Å². The Balaban J connectivity index is 1.90. The average molecular weight is 239 g/mol. The van der Waals surface area contributed by atoms with E-state index in [9.17, 15) is 0 Å². The first kappa shape index (κ1) is 12.1. The number of nitrogens with one attached hydrogen (secondary N) is 1. The van der Waals surface area contributed by atoms with Gasteiger partial charge in [-0.1, -0.05) is 13.0 Å². The maximum atomic E-state index is 5.77. The molecule has 0 amide bonds. The molecule has 0 bridgehead atoms. The molecule has 0 spiro atoms. The Kier molecular flexibility index (Phi) is 4.38. The lowest BCUT2D eigenvalue weighted by Gasteiger charge is -2.26. The molecule has 90 valence electrons. The van der Waals surface area contributed by atoms with Crippen LogP contribution in [0.3, 0.4) is 0 Å². The molecule has 16 heavy (non-hydrogen) atoms. The van der Waals surface area contributed by atoms with Gasteiger partial charge in [0.25, 0.3) is 0 Å². The van der Waals surface area contributed by atoms with Gasteiger partial charge in [-0.25, -0.2) is 0 Å². The van der Waals surface area contributed by atoms with Crippen LogP contribution in [0.5, 0.6) is 0 Å². The Morgan fingerprint density at radius 1 is 1.62 bits per heavy atom. The van der Waals surface area contributed by atoms with Crippen LogP contribution in [0.25, 0.3) is 0 Å². The Morgan fingerprint density at radius 2 is 2.50 bits per heavy atom. The summed E-state index contributed by atoms with van der Waals surface area (Å²) in [5, 5.41) is 5.84. The van der Waals surface area contributed by atoms with Crippen molar-refractivity contribution in [2.24, 2.45) is 0 Å². The fraction of sp³-hybridized carbons (Fsp3) is 0.692. The molecule has 1 aliphatic rings. The zero-order valence-corrected chi connectivity index (χ0v) is 10.9. The van der Waals surface area contributed by atoms with E-state index in [0.717, 1.165) is 13.0 Å². The van der Waals surface area contributed by atoms with Gasteiger partial charge in [0.1, 0.15) is 0 Å². The standard InChI is InChI=1S/C13H21NOS/c1-3-11(12-6-4-8-15-12)14-10(2)13-7-5-9-16-13/h5,7,9-12,14H,3-4,6,8H2,1-2H3. The third-order valence-electron chi connectivity index (χ3n) is 3.29. The maximum Gasteiger partial charge on any atom is 0.0728 e. The summed E-state index contributed by atoms with van der Waals surface area (Å²) >= 11 is 1.82. The molecule has 1 aliphatic heterocycles. The zero-order valence-electron chi connectivity index (χ0n) is 10.1. The van der Waals surface area contributed by atoms with Crippen LogP contribution in [-0.2, 0) is 4.74 Å². The average Bonchev–Trinajstić information content (AvgIpc) is 2.96. The first-order chi connectivity index (χ1) is 7.81. The summed E-state index contributed by atoms with van der Waals surface area (Å²) in [5.74, 6) is 0. The van der Waals surface area contributed by atoms with Gasteiger partial charge in [-0.2, -0.15) is 0 Å². The highest BCUT2D eigenvalue weighted by Crippen LogP contribution is 2.23. The fourth-order valence-corrected chi connectivity index (χ4v) is 3.09. The Hall–Kier alpha value is -0.380. The number of hydrogen-bond acceptors (Lipinski definition) is 3. The van der Waals surface area contributed by atoms with Crippen molar-refractivity contribution in [3.63, 3.8) is 0 Å². The van der Waals surface area contributed by atoms with Crippen LogP contribution < -0.4 is 5.32 Å². The van der Waals surface area contributed by atoms with Gasteiger partial charge in [0.05, 0.1) is 6.10 Å². The van der Waals surface area contributed by atoms with Crippen molar-refractivity contribution in [2.75, 3.05) is 6.61 Å². The van der Waals surface area contributed by atoms with Gasteiger partial charge in [0.2, 0.25) is 0 Å². The van der Waals surface area contributed by atoms with Crippen molar-refractivity contribution in [3.05, 3.63) is 22.4 Å². The molecule has 1 fully saturated rings. The monoisotopic (exact) mass is 239 g/mol. The minimum atomic E-state index is 0.424. The summed E-state index contributed by atoms with van der Waals surface area (Å²) in [7, 11) is 0. The van der Waals surface area contributed by atoms with Crippen LogP contribution in [0.2, 0.25) is 0 Å². The summed E-state index contributed by atoms with van der Waals surface area (Å²) in [6.07, 6.45) is 3.99. The normalized spacial score (nSPS) is 24.5. The van der Waals surface area contributed by atoms with Gasteiger partial charge in [0.15, 0.2) is 0 Å². The van der Waals surface area contributed by atoms with Crippen molar-refractivity contribution in [3.8, 4) is 0 Å². The highest BCUT2D eigenvalue weighted by atomic mass is 32.1. The molecule has 1 aromatic rings. The molecule has 1 saturated heterocycles. The number of thiophene rings is 1. The van der Waals surface area contributed by atoms with E-state index in [1.54, 1.807) is 0 Å². The van der Waals surface area contributed by atoms with Crippen LogP contribution in [-0.4, -0.2) is 18.8 Å². The van der Waals surface area contributed by atoms with Gasteiger partial charge in [0, 0.05) is 23.6 Å². The SMILES string of the molecule is CCC(NC(C)c1cccs1)C1CCCO1. The fourth-order valence-electron chi connectivity index (χ4n) is 2.35. The van der Waals surface area contributed by atoms with E-state index in [-0.39, 0.29) is 0 Å². The van der Waals surface area contributed by atoms with Crippen molar-refractivity contribution in [1.29, 1.82) is 0 Å². The van der Waals surface area contributed by atoms with Crippen LogP contribution in [0.15, 0.2) is 17.5 Å². The Labute approximate surface area is 102 Å². The maximum absolute atomic E-state index is 5.77. The molecule has 0 radical (unpaired) electrons. The lowest BCUT2D eigenvalue weighted by Crippen LogP contribution is -2.40. The molecule has 0 saturated carbocycles. The highest BCUT2D eigenvalue weighted by molar-refractivity contribution is 7.10. The van der Waals surface area contributed by atoms with E-state index in [1.807, 2.05) is 11.3 Å². The molecule has 2 nitrogen and oxygen atoms in total. The van der Waals surface area contributed by atoms with E-state index in [2.05, 4.69) is 36.7 Å². The number of hydrogen-bond donors (Lipinski definition) is 1. The summed E-state index contributed by atoms with van der Waals surface area (Å²) in [6, 6.07) is 5.25. The topological polar surface area (TPSA) is 21.3 Å². The number of ether oxygens (including phenoxy) is 1. The first-order valence-corrected chi connectivity index (χ1v) is 7.10. The van der Waals surface area contributed by atoms with Crippen molar-refractivity contribution in [1.82, 2.24) is 5.32 Å². The zero-order chi connectivity index (χ0) is 11.4. The summed E-state index contributed by atoms with van der Waals surface area (Å²) < 4.78 is 5.77. The number of rotatable bonds is 5. The first-order valence-electron chi connectivity index (χ1n) is 6.22. The van der Waals surface area contributed by atoms with Gasteiger partial charge in [-0.05, 0) is 37.6 Å². The van der Waals surface area contributed by atoms with Crippen molar-refractivity contribution >= 4 is 11.3 Å². The van der Waals surface area contributed by atoms with Crippen molar-refractivity contribution in [2.45, 2.75) is 51.3 Å². The van der Waals surface area contributed by atoms with E-state index in [4.69, 9.17) is 4.74 Å². The lowest BCUT2D eigenvalue weighted by molar-refractivity contribution is 0.0736. The quantitative estimate of drug-likeness (QED) is 0.850. The van der Waals surface area contributed by atoms with E-state index in [1.165, 1.54) is 17.7 Å². The molecule has 1 aromatic heterocycles. The predicted octanol–water partition coefficient (Wildman–Crippen LogP) is 3.36. The largest absolute Gasteiger partial charge is 0.377 e. The summed E-state index contributed by atoms with van der Waals surface area (Å²) in [6.45, 7) is 5.42. The summed E-state index contributed by atoms with van der Waals surface area (Å²) in [5.41, 5.74) is 0. The minimum Gasteiger partial charge on any atom is -0.377 e. The van der Waals surface area contributed by atoms with Gasteiger partial charge in [-0.3, -0.25) is 0 Å². The molecular weight excluding hydrogens is 218 g/mol. The minimum absolute atomic E-state index is 0.424. The van der Waals surface area contributed by atoms with Gasteiger partial charge in [-0.15, -0.1) is 11.3 Å². The van der Waals surface area contributed by atoms with E-state index in [0.29, 0.717) is 18.2 Å². The second kappa shape index (κ2) is 5.80. The van der Waals surface area contributed by atoms with Crippen LogP contribution in [0.1, 0.15) is 44.0 Å². The molecular formula is C13H21NOS. The molecule has 2 heterocycles. The van der Waals surface area contributed by atoms with Gasteiger partial charge >= 0.3 is 0 Å². The van der Waals surface area contributed by atoms with Crippen LogP contribution in [0.4, 0.5) is 0 Å². The summed E-state index contributed by atoms with van der Waals surface area (Å²) in [4.78, 5) is 1.41. The van der Waals surface area contributed by atoms with Crippen molar-refractivity contribution < 1.29 is 4.74 Å². The second-order valence-electron chi connectivity index (χ2n) is 4.47. The second-order valence-corrected chi connectivity index (χ2v) is 5.45. The van der Waals surface area contributed by atoms with Gasteiger partial charge < -0.3 is 10.1 Å². The van der Waals surface area contributed by atoms with E-state index < -0.39 is 0 Å². The predicted molar refractivity (Wildman–Crippen MR) is 68.9 cm³/mol. The molecule has 0 aromatic carbocycles. The van der Waals surface area contributed by atoms with E-state index >= 15 is 0 Å². The molecule has 1 N–H and O–H groups in total. The Morgan fingerprint density at radius 3 is 3.06 bits per heavy atom. The highest BCUT2D eigenvalue weighted by Gasteiger charge is 2.25. The molecule has 3 atom stereocenters. The Bertz CT molecular complexity index is 293. The molecule has 3 unspecified atom stereocenters.